The summed E-state index contributed by atoms with van der Waals surface area (Å²) in [4.78, 5) is 22.1. The summed E-state index contributed by atoms with van der Waals surface area (Å²) in [5.74, 6) is -3.59. The van der Waals surface area contributed by atoms with E-state index in [4.69, 9.17) is 5.11 Å². The molecule has 0 saturated carbocycles. The van der Waals surface area contributed by atoms with Crippen molar-refractivity contribution < 1.29 is 50.5 Å². The third kappa shape index (κ3) is 8.67. The topological polar surface area (TPSA) is 84.9 Å². The Morgan fingerprint density at radius 2 is 1.36 bits per heavy atom. The van der Waals surface area contributed by atoms with E-state index < -0.39 is 61.1 Å². The summed E-state index contributed by atoms with van der Waals surface area (Å²) in [5.41, 5.74) is -0.432. The quantitative estimate of drug-likeness (QED) is 0.715. The van der Waals surface area contributed by atoms with Gasteiger partial charge in [-0.1, -0.05) is 0 Å². The summed E-state index contributed by atoms with van der Waals surface area (Å²) in [6.45, 7) is -4.29. The summed E-state index contributed by atoms with van der Waals surface area (Å²) in [6, 6.07) is 2.36. The van der Waals surface area contributed by atoms with Crippen LogP contribution in [0.15, 0.2) is 18.2 Å². The van der Waals surface area contributed by atoms with Gasteiger partial charge in [0.1, 0.15) is 18.0 Å². The molecule has 1 aromatic carbocycles. The van der Waals surface area contributed by atoms with Crippen LogP contribution in [-0.4, -0.2) is 49.1 Å². The van der Waals surface area contributed by atoms with Crippen molar-refractivity contribution in [1.82, 2.24) is 5.32 Å². The lowest BCUT2D eigenvalue weighted by molar-refractivity contribution is -0.154. The van der Waals surface area contributed by atoms with Crippen LogP contribution < -0.4 is 14.8 Å². The van der Waals surface area contributed by atoms with Gasteiger partial charge in [0, 0.05) is 11.6 Å². The molecule has 12 heteroatoms. The van der Waals surface area contributed by atoms with Crippen LogP contribution in [-0.2, 0) is 4.79 Å². The average molecular weight is 375 g/mol. The molecule has 6 nitrogen and oxygen atoms in total. The maximum atomic E-state index is 12.2. The van der Waals surface area contributed by atoms with Gasteiger partial charge >= 0.3 is 18.3 Å². The monoisotopic (exact) mass is 375 g/mol. The SMILES string of the molecule is O=C(O)CNC(=O)c1cc(OCC(F)(F)F)cc(OCC(F)(F)F)c1. The summed E-state index contributed by atoms with van der Waals surface area (Å²) in [7, 11) is 0. The van der Waals surface area contributed by atoms with Gasteiger partial charge in [0.05, 0.1) is 0 Å². The molecule has 1 rings (SSSR count). The smallest absolute Gasteiger partial charge is 0.422 e. The van der Waals surface area contributed by atoms with Crippen LogP contribution in [0.4, 0.5) is 26.3 Å². The molecule has 2 N–H and O–H groups in total. The van der Waals surface area contributed by atoms with E-state index in [0.29, 0.717) is 0 Å². The normalized spacial score (nSPS) is 11.8. The summed E-state index contributed by atoms with van der Waals surface area (Å²) in [5, 5.41) is 10.4. The van der Waals surface area contributed by atoms with Gasteiger partial charge in [0.15, 0.2) is 13.2 Å². The van der Waals surface area contributed by atoms with Gasteiger partial charge < -0.3 is 19.9 Å². The summed E-state index contributed by atoms with van der Waals surface area (Å²) >= 11 is 0. The van der Waals surface area contributed by atoms with Crippen LogP contribution >= 0.6 is 0 Å². The average Bonchev–Trinajstić information content (AvgIpc) is 2.47. The lowest BCUT2D eigenvalue weighted by Crippen LogP contribution is -2.29. The number of alkyl halides is 6. The second-order valence-electron chi connectivity index (χ2n) is 4.58. The zero-order valence-electron chi connectivity index (χ0n) is 12.2. The third-order valence-corrected chi connectivity index (χ3v) is 2.35. The molecular weight excluding hydrogens is 364 g/mol. The first kappa shape index (κ1) is 20.4. The number of amides is 1. The van der Waals surface area contributed by atoms with Crippen molar-refractivity contribution in [2.75, 3.05) is 19.8 Å². The van der Waals surface area contributed by atoms with Crippen molar-refractivity contribution in [3.05, 3.63) is 23.8 Å². The van der Waals surface area contributed by atoms with E-state index in [-0.39, 0.29) is 0 Å². The van der Waals surface area contributed by atoms with Crippen molar-refractivity contribution in [3.63, 3.8) is 0 Å². The fraction of sp³-hybridized carbons (Fsp3) is 0.385. The van der Waals surface area contributed by atoms with Crippen molar-refractivity contribution in [2.24, 2.45) is 0 Å². The van der Waals surface area contributed by atoms with Gasteiger partial charge in [-0.3, -0.25) is 9.59 Å². The predicted octanol–water partition coefficient (Wildman–Crippen LogP) is 2.38. The molecule has 0 aliphatic heterocycles. The highest BCUT2D eigenvalue weighted by atomic mass is 19.4. The van der Waals surface area contributed by atoms with Crippen molar-refractivity contribution in [1.29, 1.82) is 0 Å². The van der Waals surface area contributed by atoms with Gasteiger partial charge in [-0.05, 0) is 12.1 Å². The minimum absolute atomic E-state index is 0.432. The Bertz CT molecular complexity index is 592. The number of carboxylic acids is 1. The van der Waals surface area contributed by atoms with Gasteiger partial charge in [-0.25, -0.2) is 0 Å². The number of nitrogens with one attached hydrogen (secondary N) is 1. The Kier molecular flexibility index (Phi) is 6.48. The number of ether oxygens (including phenoxy) is 2. The number of carbonyl (C=O) groups excluding carboxylic acids is 1. The van der Waals surface area contributed by atoms with E-state index in [9.17, 15) is 35.9 Å². The van der Waals surface area contributed by atoms with Crippen molar-refractivity contribution in [2.45, 2.75) is 12.4 Å². The summed E-state index contributed by atoms with van der Waals surface area (Å²) < 4.78 is 81.7. The fourth-order valence-electron chi connectivity index (χ4n) is 1.46. The van der Waals surface area contributed by atoms with Crippen molar-refractivity contribution >= 4 is 11.9 Å². The van der Waals surface area contributed by atoms with E-state index in [2.05, 4.69) is 9.47 Å². The Morgan fingerprint density at radius 3 is 1.72 bits per heavy atom. The van der Waals surface area contributed by atoms with Crippen LogP contribution in [0.2, 0.25) is 0 Å². The standard InChI is InChI=1S/C13H11F6NO5/c14-12(15,16)5-24-8-1-7(11(23)20-4-10(21)22)2-9(3-8)25-6-13(17,18)19/h1-3H,4-6H2,(H,20,23)(H,21,22). The number of hydrogen-bond acceptors (Lipinski definition) is 4. The summed E-state index contributed by atoms with van der Waals surface area (Å²) in [6.07, 6.45) is -9.43. The number of aliphatic carboxylic acids is 1. The molecule has 0 saturated heterocycles. The zero-order chi connectivity index (χ0) is 19.3. The lowest BCUT2D eigenvalue weighted by atomic mass is 10.2. The molecule has 25 heavy (non-hydrogen) atoms. The van der Waals surface area contributed by atoms with Gasteiger partial charge in [-0.15, -0.1) is 0 Å². The van der Waals surface area contributed by atoms with Crippen LogP contribution in [0.5, 0.6) is 11.5 Å². The van der Waals surface area contributed by atoms with Crippen LogP contribution in [0.3, 0.4) is 0 Å². The number of hydrogen-bond donors (Lipinski definition) is 2. The fourth-order valence-corrected chi connectivity index (χ4v) is 1.46. The molecule has 140 valence electrons. The first-order chi connectivity index (χ1) is 11.4. The number of benzene rings is 1. The van der Waals surface area contributed by atoms with Gasteiger partial charge in [0.25, 0.3) is 5.91 Å². The molecular formula is C13H11F6NO5. The lowest BCUT2D eigenvalue weighted by Gasteiger charge is -2.14. The Hall–Kier alpha value is -2.66. The second kappa shape index (κ2) is 7.94. The second-order valence-corrected chi connectivity index (χ2v) is 4.58. The highest BCUT2D eigenvalue weighted by Gasteiger charge is 2.30. The number of halogens is 6. The van der Waals surface area contributed by atoms with E-state index in [1.54, 1.807) is 0 Å². The first-order valence-electron chi connectivity index (χ1n) is 6.40. The molecule has 0 fully saturated rings. The molecule has 0 aliphatic carbocycles. The molecule has 1 aromatic rings. The highest BCUT2D eigenvalue weighted by molar-refractivity contribution is 5.96. The van der Waals surface area contributed by atoms with Crippen molar-refractivity contribution in [3.8, 4) is 11.5 Å². The van der Waals surface area contributed by atoms with Crippen LogP contribution in [0, 0.1) is 0 Å². The third-order valence-electron chi connectivity index (χ3n) is 2.35. The van der Waals surface area contributed by atoms with E-state index in [0.717, 1.165) is 18.2 Å². The minimum Gasteiger partial charge on any atom is -0.484 e. The molecule has 0 heterocycles. The number of carbonyl (C=O) groups is 2. The Labute approximate surface area is 136 Å². The number of rotatable bonds is 7. The van der Waals surface area contributed by atoms with Crippen LogP contribution in [0.1, 0.15) is 10.4 Å². The molecule has 0 atom stereocenters. The highest BCUT2D eigenvalue weighted by Crippen LogP contribution is 2.27. The van der Waals surface area contributed by atoms with E-state index >= 15 is 0 Å². The largest absolute Gasteiger partial charge is 0.484 e. The van der Waals surface area contributed by atoms with E-state index in [1.807, 2.05) is 5.32 Å². The van der Waals surface area contributed by atoms with Crippen LogP contribution in [0.25, 0.3) is 0 Å². The molecule has 0 spiro atoms. The number of carboxylic acid groups (broad SMARTS) is 1. The Morgan fingerprint density at radius 1 is 0.920 bits per heavy atom. The maximum Gasteiger partial charge on any atom is 0.422 e. The Balaban J connectivity index is 3.00. The molecule has 0 unspecified atom stereocenters. The van der Waals surface area contributed by atoms with E-state index in [1.165, 1.54) is 0 Å². The first-order valence-corrected chi connectivity index (χ1v) is 6.40. The molecule has 0 bridgehead atoms. The minimum atomic E-state index is -4.71. The molecule has 1 amide bonds. The maximum absolute atomic E-state index is 12.2. The van der Waals surface area contributed by atoms with Gasteiger partial charge in [-0.2, -0.15) is 26.3 Å². The molecule has 0 aliphatic rings. The molecule has 0 aromatic heterocycles. The predicted molar refractivity (Wildman–Crippen MR) is 69.5 cm³/mol. The zero-order valence-corrected chi connectivity index (χ0v) is 12.2. The molecule has 0 radical (unpaired) electrons. The van der Waals surface area contributed by atoms with Gasteiger partial charge in [0.2, 0.25) is 0 Å².